The summed E-state index contributed by atoms with van der Waals surface area (Å²) in [6.07, 6.45) is 7.40. The number of fused-ring (bicyclic) bond motifs is 1. The zero-order valence-electron chi connectivity index (χ0n) is 10.4. The number of benzene rings is 1. The molecule has 0 bridgehead atoms. The van der Waals surface area contributed by atoms with Gasteiger partial charge in [0.05, 0.1) is 0 Å². The van der Waals surface area contributed by atoms with Gasteiger partial charge in [-0.25, -0.2) is 0 Å². The maximum absolute atomic E-state index is 9.47. The second kappa shape index (κ2) is 4.86. The predicted octanol–water partition coefficient (Wildman–Crippen LogP) is 1.79. The lowest BCUT2D eigenvalue weighted by molar-refractivity contribution is 0.270. The lowest BCUT2D eigenvalue weighted by atomic mass is 9.99. The van der Waals surface area contributed by atoms with Crippen LogP contribution in [0, 0.1) is 0 Å². The van der Waals surface area contributed by atoms with Gasteiger partial charge in [-0.2, -0.15) is 0 Å². The van der Waals surface area contributed by atoms with Gasteiger partial charge in [-0.15, -0.1) is 0 Å². The molecule has 3 nitrogen and oxygen atoms in total. The van der Waals surface area contributed by atoms with Crippen LogP contribution in [-0.4, -0.2) is 29.6 Å². The molecule has 18 heavy (non-hydrogen) atoms. The van der Waals surface area contributed by atoms with E-state index in [4.69, 9.17) is 0 Å². The first-order valence-electron chi connectivity index (χ1n) is 6.44. The molecule has 0 saturated carbocycles. The van der Waals surface area contributed by atoms with Gasteiger partial charge in [-0.05, 0) is 35.8 Å². The molecule has 0 amide bonds. The Hall–Kier alpha value is -1.74. The second-order valence-electron chi connectivity index (χ2n) is 4.91. The molecule has 2 aliphatic rings. The number of phenolic OH excluding ortho intramolecular Hbond substituents is 1. The summed E-state index contributed by atoms with van der Waals surface area (Å²) >= 11 is 0. The lowest BCUT2D eigenvalue weighted by Crippen LogP contribution is -2.35. The van der Waals surface area contributed by atoms with Crippen LogP contribution >= 0.6 is 0 Å². The smallest absolute Gasteiger partial charge is 0.115 e. The molecule has 2 heterocycles. The summed E-state index contributed by atoms with van der Waals surface area (Å²) in [6, 6.07) is 5.72. The monoisotopic (exact) mass is 242 g/mol. The van der Waals surface area contributed by atoms with Gasteiger partial charge >= 0.3 is 0 Å². The minimum atomic E-state index is 0.379. The Balaban J connectivity index is 1.69. The van der Waals surface area contributed by atoms with Crippen molar-refractivity contribution in [2.75, 3.05) is 19.6 Å². The summed E-state index contributed by atoms with van der Waals surface area (Å²) in [5, 5.41) is 12.9. The van der Waals surface area contributed by atoms with Gasteiger partial charge in [0.25, 0.3) is 0 Å². The van der Waals surface area contributed by atoms with Gasteiger partial charge in [0.2, 0.25) is 0 Å². The number of hydrogen-bond acceptors (Lipinski definition) is 3. The molecule has 0 spiro atoms. The number of rotatable bonds is 2. The van der Waals surface area contributed by atoms with Crippen molar-refractivity contribution >= 4 is 0 Å². The molecule has 0 aromatic heterocycles. The van der Waals surface area contributed by atoms with Crippen molar-refractivity contribution in [3.8, 4) is 5.75 Å². The van der Waals surface area contributed by atoms with Crippen molar-refractivity contribution in [2.24, 2.45) is 0 Å². The molecule has 3 heteroatoms. The fraction of sp³-hybridized carbons (Fsp3) is 0.333. The Bertz CT molecular complexity index is 505. The van der Waals surface area contributed by atoms with Crippen molar-refractivity contribution < 1.29 is 5.11 Å². The molecule has 0 fully saturated rings. The molecule has 2 N–H and O–H groups in total. The van der Waals surface area contributed by atoms with Crippen LogP contribution in [0.2, 0.25) is 0 Å². The van der Waals surface area contributed by atoms with E-state index in [0.29, 0.717) is 5.75 Å². The second-order valence-corrected chi connectivity index (χ2v) is 4.91. The molecule has 1 aromatic carbocycles. The highest BCUT2D eigenvalue weighted by atomic mass is 16.3. The largest absolute Gasteiger partial charge is 0.508 e. The van der Waals surface area contributed by atoms with E-state index < -0.39 is 0 Å². The quantitative estimate of drug-likeness (QED) is 0.830. The van der Waals surface area contributed by atoms with Gasteiger partial charge in [0.15, 0.2) is 0 Å². The third-order valence-electron chi connectivity index (χ3n) is 3.56. The molecule has 0 atom stereocenters. The number of hydrogen-bond donors (Lipinski definition) is 2. The van der Waals surface area contributed by atoms with Gasteiger partial charge in [0, 0.05) is 31.9 Å². The van der Waals surface area contributed by atoms with E-state index in [1.807, 2.05) is 12.1 Å². The first-order chi connectivity index (χ1) is 8.81. The van der Waals surface area contributed by atoms with E-state index in [-0.39, 0.29) is 0 Å². The maximum atomic E-state index is 9.47. The number of allylic oxidation sites excluding steroid dienone is 2. The molecule has 3 rings (SSSR count). The summed E-state index contributed by atoms with van der Waals surface area (Å²) in [5.41, 5.74) is 3.92. The number of aromatic hydroxyl groups is 1. The van der Waals surface area contributed by atoms with Crippen LogP contribution in [0.5, 0.6) is 5.75 Å². The maximum Gasteiger partial charge on any atom is 0.115 e. The van der Waals surface area contributed by atoms with Crippen LogP contribution < -0.4 is 5.32 Å². The third-order valence-corrected chi connectivity index (χ3v) is 3.56. The van der Waals surface area contributed by atoms with E-state index in [0.717, 1.165) is 32.6 Å². The van der Waals surface area contributed by atoms with Gasteiger partial charge in [0.1, 0.15) is 5.75 Å². The van der Waals surface area contributed by atoms with Crippen LogP contribution in [-0.2, 0) is 13.0 Å². The highest BCUT2D eigenvalue weighted by Gasteiger charge is 2.17. The number of phenols is 1. The minimum Gasteiger partial charge on any atom is -0.508 e. The van der Waals surface area contributed by atoms with E-state index in [1.165, 1.54) is 16.8 Å². The highest BCUT2D eigenvalue weighted by Crippen LogP contribution is 2.23. The first kappa shape index (κ1) is 11.4. The molecular weight excluding hydrogens is 224 g/mol. The normalized spacial score (nSPS) is 19.0. The summed E-state index contributed by atoms with van der Waals surface area (Å²) < 4.78 is 0. The Labute approximate surface area is 107 Å². The van der Waals surface area contributed by atoms with Crippen LogP contribution in [0.1, 0.15) is 11.1 Å². The number of nitrogens with one attached hydrogen (secondary N) is 1. The molecule has 0 unspecified atom stereocenters. The minimum absolute atomic E-state index is 0.379. The number of nitrogens with zero attached hydrogens (tertiary/aromatic N) is 1. The zero-order chi connectivity index (χ0) is 12.4. The van der Waals surface area contributed by atoms with Crippen LogP contribution in [0.3, 0.4) is 0 Å². The van der Waals surface area contributed by atoms with Crippen molar-refractivity contribution in [1.29, 1.82) is 0 Å². The fourth-order valence-electron chi connectivity index (χ4n) is 2.58. The molecular formula is C15H18N2O. The van der Waals surface area contributed by atoms with Crippen LogP contribution in [0.25, 0.3) is 0 Å². The molecule has 0 radical (unpaired) electrons. The Kier molecular flexibility index (Phi) is 3.07. The Morgan fingerprint density at radius 3 is 3.06 bits per heavy atom. The van der Waals surface area contributed by atoms with Crippen LogP contribution in [0.15, 0.2) is 42.1 Å². The molecule has 0 saturated heterocycles. The summed E-state index contributed by atoms with van der Waals surface area (Å²) in [5.74, 6) is 0.379. The summed E-state index contributed by atoms with van der Waals surface area (Å²) in [6.45, 7) is 3.94. The zero-order valence-corrected chi connectivity index (χ0v) is 10.4. The topological polar surface area (TPSA) is 35.5 Å². The molecule has 2 aliphatic heterocycles. The average molecular weight is 242 g/mol. The molecule has 94 valence electrons. The standard InChI is InChI=1S/C15H18N2O/c18-15-5-4-13-10-17(8-6-12(13)9-15)11-14-3-1-2-7-16-14/h1-5,9,16,18H,6-8,10-11H2. The van der Waals surface area contributed by atoms with Gasteiger partial charge in [-0.3, -0.25) is 4.90 Å². The van der Waals surface area contributed by atoms with E-state index >= 15 is 0 Å². The fourth-order valence-corrected chi connectivity index (χ4v) is 2.58. The van der Waals surface area contributed by atoms with Gasteiger partial charge < -0.3 is 10.4 Å². The average Bonchev–Trinajstić information content (AvgIpc) is 2.40. The van der Waals surface area contributed by atoms with Crippen molar-refractivity contribution in [2.45, 2.75) is 13.0 Å². The van der Waals surface area contributed by atoms with E-state index in [9.17, 15) is 5.11 Å². The number of dihydropyridines is 1. The molecule has 0 aliphatic carbocycles. The van der Waals surface area contributed by atoms with Crippen molar-refractivity contribution in [3.05, 3.63) is 53.3 Å². The predicted molar refractivity (Wildman–Crippen MR) is 72.3 cm³/mol. The SMILES string of the molecule is Oc1ccc2c(c1)CCN(CC1=CC=CCN1)C2. The third kappa shape index (κ3) is 2.41. The van der Waals surface area contributed by atoms with Crippen LogP contribution in [0.4, 0.5) is 0 Å². The van der Waals surface area contributed by atoms with Crippen molar-refractivity contribution in [1.82, 2.24) is 10.2 Å². The summed E-state index contributed by atoms with van der Waals surface area (Å²) in [4.78, 5) is 2.44. The van der Waals surface area contributed by atoms with E-state index in [1.54, 1.807) is 6.07 Å². The van der Waals surface area contributed by atoms with E-state index in [2.05, 4.69) is 28.4 Å². The van der Waals surface area contributed by atoms with Crippen molar-refractivity contribution in [3.63, 3.8) is 0 Å². The molecule has 1 aromatic rings. The van der Waals surface area contributed by atoms with Gasteiger partial charge in [-0.1, -0.05) is 18.2 Å². The first-order valence-corrected chi connectivity index (χ1v) is 6.44. The lowest BCUT2D eigenvalue weighted by Gasteiger charge is -2.30. The Morgan fingerprint density at radius 2 is 2.22 bits per heavy atom. The summed E-state index contributed by atoms with van der Waals surface area (Å²) in [7, 11) is 0. The Morgan fingerprint density at radius 1 is 1.28 bits per heavy atom. The highest BCUT2D eigenvalue weighted by molar-refractivity contribution is 5.36.